The number of fused-ring (bicyclic) bond motifs is 2. The first-order valence-corrected chi connectivity index (χ1v) is 32.1. The summed E-state index contributed by atoms with van der Waals surface area (Å²) in [7, 11) is 0. The summed E-state index contributed by atoms with van der Waals surface area (Å²) in [6.07, 6.45) is 12.9. The maximum absolute atomic E-state index is 14.1. The van der Waals surface area contributed by atoms with Gasteiger partial charge in [0, 0.05) is 86.3 Å². The molecule has 3 saturated heterocycles. The number of aliphatic hydroxyl groups is 1. The van der Waals surface area contributed by atoms with Crippen molar-refractivity contribution in [1.82, 2.24) is 45.8 Å². The Kier molecular flexibility index (Phi) is 19.0. The number of alkyl halides is 2. The van der Waals surface area contributed by atoms with Gasteiger partial charge in [0.05, 0.1) is 23.1 Å². The fourth-order valence-electron chi connectivity index (χ4n) is 16.0. The number of halogens is 2. The van der Waals surface area contributed by atoms with Crippen molar-refractivity contribution in [3.63, 3.8) is 0 Å². The molecule has 22 heteroatoms. The minimum Gasteiger partial charge on any atom is -0.504 e. The number of anilines is 1. The van der Waals surface area contributed by atoms with E-state index in [1.54, 1.807) is 12.1 Å². The Morgan fingerprint density at radius 3 is 2.15 bits per heavy atom. The van der Waals surface area contributed by atoms with E-state index in [1.807, 2.05) is 31.2 Å². The molecule has 1 aromatic heterocycles. The molecule has 1 spiro atoms. The number of piperidine rings is 2. The van der Waals surface area contributed by atoms with E-state index in [0.717, 1.165) is 106 Å². The normalized spacial score (nSPS) is 27.7. The Hall–Kier alpha value is -5.81. The quantitative estimate of drug-likeness (QED) is 0.0381. The molecule has 11 rings (SSSR count). The second-order valence-corrected chi connectivity index (χ2v) is 26.5. The summed E-state index contributed by atoms with van der Waals surface area (Å²) in [6.45, 7) is 8.57. The molecular formula is C64H90F2N10O10. The van der Waals surface area contributed by atoms with Crippen LogP contribution in [0.25, 0.3) is 0 Å². The van der Waals surface area contributed by atoms with E-state index in [4.69, 9.17) is 14.2 Å². The average Bonchev–Trinajstić information content (AvgIpc) is 1.38. The molecule has 2 unspecified atom stereocenters. The number of hydrogen-bond acceptors (Lipinski definition) is 14. The molecule has 2 aromatic carbocycles. The lowest BCUT2D eigenvalue weighted by Crippen LogP contribution is -2.78. The number of phenols is 1. The molecule has 20 nitrogen and oxygen atoms in total. The van der Waals surface area contributed by atoms with Gasteiger partial charge >= 0.3 is 0 Å². The van der Waals surface area contributed by atoms with E-state index in [2.05, 4.69) is 65.0 Å². The van der Waals surface area contributed by atoms with Gasteiger partial charge in [0.2, 0.25) is 35.5 Å². The standard InChI is InChI=1S/C64H90F2N10O10/c1-39(2)60-73-72-40(3)76(60)48-32-46-15-16-47(33-48)75(46)28-21-49(71-61(82)42-18-22-62(65,66)23-19-42)43-10-9-11-45(30-43)69-55(80)37-84-35-53(78)67-26-7-5-4-6-8-27-68-54(79)36-85-38-56(81)70-50-20-24-64(83)52-31-44-14-17-51(77)58-57(44)63(64,59(50)86-58)25-29-74(52)34-41-12-13-41/h9-11,14,17,30,39,41-42,46-50,52,59,77,83H,4-8,12-13,15-16,18-29,31-38H2,1-3H3,(H,67,78)(H,68,79)(H,69,80)(H,70,81)(H,71,82)/t46?,47?,48?,49-,50+,52+,59-,63-,64+/m0/s1. The molecule has 0 radical (unpaired) electrons. The van der Waals surface area contributed by atoms with Crippen molar-refractivity contribution in [2.75, 3.05) is 64.5 Å². The second-order valence-electron chi connectivity index (χ2n) is 26.5. The van der Waals surface area contributed by atoms with Crippen LogP contribution in [0.15, 0.2) is 36.4 Å². The maximum Gasteiger partial charge on any atom is 0.250 e. The van der Waals surface area contributed by atoms with Gasteiger partial charge in [-0.3, -0.25) is 33.8 Å². The van der Waals surface area contributed by atoms with Crippen molar-refractivity contribution in [3.05, 3.63) is 64.7 Å². The highest BCUT2D eigenvalue weighted by Gasteiger charge is 2.73. The van der Waals surface area contributed by atoms with Crippen LogP contribution >= 0.6 is 0 Å². The van der Waals surface area contributed by atoms with Gasteiger partial charge in [0.1, 0.15) is 44.2 Å². The van der Waals surface area contributed by atoms with Gasteiger partial charge in [-0.15, -0.1) is 10.2 Å². The second kappa shape index (κ2) is 26.5. The first-order chi connectivity index (χ1) is 41.4. The number of rotatable bonds is 28. The topological polar surface area (TPSA) is 251 Å². The summed E-state index contributed by atoms with van der Waals surface area (Å²) in [5.74, 6) is -1.54. The highest BCUT2D eigenvalue weighted by atomic mass is 19.3. The summed E-state index contributed by atoms with van der Waals surface area (Å²) in [5, 5.41) is 47.4. The predicted octanol–water partition coefficient (Wildman–Crippen LogP) is 6.56. The first kappa shape index (κ1) is 61.8. The Labute approximate surface area is 503 Å². The van der Waals surface area contributed by atoms with Crippen molar-refractivity contribution in [1.29, 1.82) is 0 Å². The van der Waals surface area contributed by atoms with Gasteiger partial charge in [-0.25, -0.2) is 8.78 Å². The van der Waals surface area contributed by atoms with Crippen molar-refractivity contribution in [2.24, 2.45) is 11.8 Å². The zero-order valence-corrected chi connectivity index (χ0v) is 50.4. The number of hydrogen-bond donors (Lipinski definition) is 7. The minimum atomic E-state index is -2.75. The lowest BCUT2D eigenvalue weighted by molar-refractivity contribution is -0.192. The van der Waals surface area contributed by atoms with Crippen molar-refractivity contribution < 1.29 is 57.2 Å². The average molecular weight is 1200 g/mol. The molecular weight excluding hydrogens is 1110 g/mol. The van der Waals surface area contributed by atoms with Crippen LogP contribution < -0.4 is 31.3 Å². The van der Waals surface area contributed by atoms with Crippen LogP contribution in [-0.2, 0) is 45.3 Å². The molecule has 6 fully saturated rings. The van der Waals surface area contributed by atoms with Crippen molar-refractivity contribution in [2.45, 2.75) is 214 Å². The number of nitrogens with one attached hydrogen (secondary N) is 5. The van der Waals surface area contributed by atoms with Gasteiger partial charge in [-0.05, 0) is 145 Å². The molecule has 8 atom stereocenters. The number of carbonyl (C=O) groups excluding carboxylic acids is 5. The number of likely N-dealkylation sites (tertiary alicyclic amines) is 1. The van der Waals surface area contributed by atoms with Crippen LogP contribution in [0.1, 0.15) is 182 Å². The zero-order valence-electron chi connectivity index (χ0n) is 50.4. The van der Waals surface area contributed by atoms with E-state index in [-0.39, 0.29) is 93.4 Å². The molecule has 5 heterocycles. The third kappa shape index (κ3) is 13.4. The number of ether oxygens (including phenoxy) is 3. The lowest BCUT2D eigenvalue weighted by atomic mass is 9.48. The summed E-state index contributed by atoms with van der Waals surface area (Å²) in [6, 6.07) is 11.2. The first-order valence-electron chi connectivity index (χ1n) is 32.1. The molecule has 7 N–H and O–H groups in total. The summed E-state index contributed by atoms with van der Waals surface area (Å²) < 4.78 is 48.1. The fraction of sp³-hybridized carbons (Fsp3) is 0.703. The van der Waals surface area contributed by atoms with E-state index < -0.39 is 47.0 Å². The third-order valence-corrected chi connectivity index (χ3v) is 20.3. The number of aromatic hydroxyl groups is 1. The molecule has 4 bridgehead atoms. The van der Waals surface area contributed by atoms with Crippen LogP contribution in [0.2, 0.25) is 0 Å². The van der Waals surface area contributed by atoms with Crippen LogP contribution in [0.4, 0.5) is 14.5 Å². The van der Waals surface area contributed by atoms with Gasteiger partial charge in [-0.1, -0.05) is 51.3 Å². The van der Waals surface area contributed by atoms with Gasteiger partial charge < -0.3 is 55.6 Å². The summed E-state index contributed by atoms with van der Waals surface area (Å²) in [5.41, 5.74) is 1.51. The maximum atomic E-state index is 14.1. The molecule has 4 aliphatic heterocycles. The van der Waals surface area contributed by atoms with Gasteiger partial charge in [0.15, 0.2) is 11.5 Å². The highest BCUT2D eigenvalue weighted by Crippen LogP contribution is 2.65. The SMILES string of the molecule is Cc1nnc(C(C)C)n1C1CC2CCC(C1)N2CC[C@H](NC(=O)C1CCC(F)(F)CC1)c1cccc(NC(=O)COCC(=O)NCCCCCCCNC(=O)COCC(=O)N[C@@H]2CC[C@@]3(O)[C@H]4Cc5ccc(O)c6c5[C@@]3(CCN4CC3CC3)[C@H]2O6)c1. The number of aryl methyl sites for hydroxylation is 1. The molecule has 3 saturated carbocycles. The molecule has 5 amide bonds. The van der Waals surface area contributed by atoms with Crippen LogP contribution in [0, 0.1) is 18.8 Å². The Balaban J connectivity index is 0.549. The van der Waals surface area contributed by atoms with E-state index in [0.29, 0.717) is 80.7 Å². The van der Waals surface area contributed by atoms with Crippen molar-refractivity contribution >= 4 is 35.2 Å². The molecule has 4 aliphatic carbocycles. The third-order valence-electron chi connectivity index (χ3n) is 20.3. The Morgan fingerprint density at radius 1 is 0.791 bits per heavy atom. The smallest absolute Gasteiger partial charge is 0.250 e. The number of aromatic nitrogens is 3. The van der Waals surface area contributed by atoms with Crippen LogP contribution in [-0.4, -0.2) is 165 Å². The largest absolute Gasteiger partial charge is 0.504 e. The molecule has 470 valence electrons. The van der Waals surface area contributed by atoms with Gasteiger partial charge in [-0.2, -0.15) is 0 Å². The zero-order chi connectivity index (χ0) is 60.3. The Morgan fingerprint density at radius 2 is 1.47 bits per heavy atom. The summed E-state index contributed by atoms with van der Waals surface area (Å²) >= 11 is 0. The van der Waals surface area contributed by atoms with E-state index >= 15 is 0 Å². The Bertz CT molecular complexity index is 2920. The van der Waals surface area contributed by atoms with E-state index in [1.165, 1.54) is 12.8 Å². The molecule has 8 aliphatic rings. The minimum absolute atomic E-state index is 0.0515. The van der Waals surface area contributed by atoms with Crippen LogP contribution in [0.3, 0.4) is 0 Å². The number of unbranched alkanes of at least 4 members (excludes halogenated alkanes) is 4. The summed E-state index contributed by atoms with van der Waals surface area (Å²) in [4.78, 5) is 70.2. The highest BCUT2D eigenvalue weighted by molar-refractivity contribution is 5.92. The van der Waals surface area contributed by atoms with Gasteiger partial charge in [0.25, 0.3) is 0 Å². The molecule has 3 aromatic rings. The number of amides is 5. The lowest BCUT2D eigenvalue weighted by Gasteiger charge is -2.64. The molecule has 86 heavy (non-hydrogen) atoms. The number of benzene rings is 2. The monoisotopic (exact) mass is 1200 g/mol. The predicted molar refractivity (Wildman–Crippen MR) is 316 cm³/mol. The number of nitrogens with zero attached hydrogens (tertiary/aromatic N) is 5. The number of carbonyl (C=O) groups is 5. The van der Waals surface area contributed by atoms with Crippen molar-refractivity contribution in [3.8, 4) is 11.5 Å². The van der Waals surface area contributed by atoms with E-state index in [9.17, 15) is 43.0 Å². The fourth-order valence-corrected chi connectivity index (χ4v) is 16.0. The number of phenolic OH excluding ortho intramolecular Hbond substituents is 1. The van der Waals surface area contributed by atoms with Crippen LogP contribution in [0.5, 0.6) is 11.5 Å².